The third kappa shape index (κ3) is 5.69. The Hall–Kier alpha value is -0.950. The highest BCUT2D eigenvalue weighted by atomic mass is 79.9. The van der Waals surface area contributed by atoms with Crippen LogP contribution in [0.5, 0.6) is 0 Å². The Morgan fingerprint density at radius 1 is 1.32 bits per heavy atom. The molecule has 0 bridgehead atoms. The van der Waals surface area contributed by atoms with Crippen LogP contribution in [0.2, 0.25) is 0 Å². The lowest BCUT2D eigenvalue weighted by molar-refractivity contribution is -0.117. The number of carbonyl (C=O) groups excluding carboxylic acids is 1. The van der Waals surface area contributed by atoms with Gasteiger partial charge in [0.15, 0.2) is 0 Å². The smallest absolute Gasteiger partial charge is 0.238 e. The summed E-state index contributed by atoms with van der Waals surface area (Å²) in [4.78, 5) is 13.6. The molecular weight excluding hydrogens is 312 g/mol. The Balaban J connectivity index is 2.58. The number of hydrogen-bond donors (Lipinski definition) is 3. The second kappa shape index (κ2) is 8.27. The Morgan fingerprint density at radius 3 is 2.47 bits per heavy atom. The zero-order chi connectivity index (χ0) is 14.3. The van der Waals surface area contributed by atoms with Crippen molar-refractivity contribution in [1.29, 1.82) is 0 Å². The van der Waals surface area contributed by atoms with Crippen molar-refractivity contribution in [2.45, 2.75) is 6.92 Å². The Labute approximate surface area is 121 Å². The van der Waals surface area contributed by atoms with Gasteiger partial charge in [-0.15, -0.1) is 0 Å². The predicted molar refractivity (Wildman–Crippen MR) is 78.1 cm³/mol. The lowest BCUT2D eigenvalue weighted by atomic mass is 10.2. The quantitative estimate of drug-likeness (QED) is 0.697. The summed E-state index contributed by atoms with van der Waals surface area (Å²) in [6.07, 6.45) is 0. The molecule has 0 unspecified atom stereocenters. The minimum Gasteiger partial charge on any atom is -0.395 e. The Morgan fingerprint density at radius 2 is 1.95 bits per heavy atom. The van der Waals surface area contributed by atoms with Crippen LogP contribution in [0.3, 0.4) is 0 Å². The maximum Gasteiger partial charge on any atom is 0.238 e. The van der Waals surface area contributed by atoms with Crippen LogP contribution >= 0.6 is 15.9 Å². The van der Waals surface area contributed by atoms with E-state index in [1.807, 2.05) is 25.1 Å². The highest BCUT2D eigenvalue weighted by Crippen LogP contribution is 2.19. The Kier molecular flexibility index (Phi) is 7.01. The van der Waals surface area contributed by atoms with Crippen molar-refractivity contribution in [3.05, 3.63) is 28.2 Å². The molecule has 3 N–H and O–H groups in total. The van der Waals surface area contributed by atoms with Crippen molar-refractivity contribution in [1.82, 2.24) is 4.90 Å². The summed E-state index contributed by atoms with van der Waals surface area (Å²) in [7, 11) is 0. The van der Waals surface area contributed by atoms with Crippen LogP contribution < -0.4 is 5.32 Å². The fourth-order valence-electron chi connectivity index (χ4n) is 1.71. The summed E-state index contributed by atoms with van der Waals surface area (Å²) in [5, 5.41) is 20.6. The molecule has 0 spiro atoms. The van der Waals surface area contributed by atoms with E-state index in [9.17, 15) is 4.79 Å². The first-order chi connectivity index (χ1) is 9.06. The molecule has 0 radical (unpaired) electrons. The minimum absolute atomic E-state index is 0.0371. The Bertz CT molecular complexity index is 420. The van der Waals surface area contributed by atoms with Crippen molar-refractivity contribution >= 4 is 27.5 Å². The van der Waals surface area contributed by atoms with Gasteiger partial charge in [-0.05, 0) is 30.7 Å². The summed E-state index contributed by atoms with van der Waals surface area (Å²) in [5.74, 6) is -0.160. The summed E-state index contributed by atoms with van der Waals surface area (Å²) < 4.78 is 0.963. The minimum atomic E-state index is -0.160. The summed E-state index contributed by atoms with van der Waals surface area (Å²) >= 11 is 3.37. The number of carbonyl (C=O) groups is 1. The predicted octanol–water partition coefficient (Wildman–Crippen LogP) is 0.983. The number of halogens is 1. The zero-order valence-corrected chi connectivity index (χ0v) is 12.5. The third-order valence-corrected chi connectivity index (χ3v) is 3.16. The van der Waals surface area contributed by atoms with Gasteiger partial charge in [0.05, 0.1) is 19.8 Å². The maximum atomic E-state index is 11.9. The van der Waals surface area contributed by atoms with Gasteiger partial charge in [0.2, 0.25) is 5.91 Å². The fraction of sp³-hybridized carbons (Fsp3) is 0.462. The molecular formula is C13H19BrN2O3. The van der Waals surface area contributed by atoms with Gasteiger partial charge in [-0.2, -0.15) is 0 Å². The van der Waals surface area contributed by atoms with Crippen LogP contribution in [-0.4, -0.2) is 53.9 Å². The molecule has 0 aliphatic rings. The van der Waals surface area contributed by atoms with Gasteiger partial charge in [0.1, 0.15) is 0 Å². The van der Waals surface area contributed by atoms with Crippen molar-refractivity contribution in [2.75, 3.05) is 38.2 Å². The average Bonchev–Trinajstić information content (AvgIpc) is 2.33. The molecule has 19 heavy (non-hydrogen) atoms. The second-order valence-corrected chi connectivity index (χ2v) is 5.15. The van der Waals surface area contributed by atoms with E-state index in [4.69, 9.17) is 10.2 Å². The molecule has 1 rings (SSSR count). The van der Waals surface area contributed by atoms with E-state index in [1.165, 1.54) is 0 Å². The average molecular weight is 331 g/mol. The summed E-state index contributed by atoms with van der Waals surface area (Å²) in [6.45, 7) is 2.73. The van der Waals surface area contributed by atoms with E-state index in [0.29, 0.717) is 13.1 Å². The summed E-state index contributed by atoms with van der Waals surface area (Å²) in [5.41, 5.74) is 1.74. The molecule has 1 amide bonds. The first-order valence-corrected chi connectivity index (χ1v) is 6.86. The van der Waals surface area contributed by atoms with Crippen LogP contribution in [0.15, 0.2) is 22.7 Å². The van der Waals surface area contributed by atoms with Crippen molar-refractivity contribution in [3.63, 3.8) is 0 Å². The maximum absolute atomic E-state index is 11.9. The lowest BCUT2D eigenvalue weighted by Gasteiger charge is -2.19. The molecule has 106 valence electrons. The first-order valence-electron chi connectivity index (χ1n) is 6.07. The SMILES string of the molecule is Cc1cc(Br)ccc1NC(=O)CN(CCO)CCO. The molecule has 0 heterocycles. The van der Waals surface area contributed by atoms with Crippen LogP contribution in [0.1, 0.15) is 5.56 Å². The van der Waals surface area contributed by atoms with Crippen molar-refractivity contribution in [3.8, 4) is 0 Å². The van der Waals surface area contributed by atoms with Gasteiger partial charge in [-0.25, -0.2) is 0 Å². The largest absolute Gasteiger partial charge is 0.395 e. The van der Waals surface area contributed by atoms with E-state index in [-0.39, 0.29) is 25.7 Å². The number of aliphatic hydroxyl groups is 2. The number of anilines is 1. The van der Waals surface area contributed by atoms with Gasteiger partial charge in [0, 0.05) is 23.2 Å². The van der Waals surface area contributed by atoms with Gasteiger partial charge in [0.25, 0.3) is 0 Å². The number of nitrogens with one attached hydrogen (secondary N) is 1. The molecule has 0 aliphatic heterocycles. The van der Waals surface area contributed by atoms with Crippen molar-refractivity contribution in [2.24, 2.45) is 0 Å². The fourth-order valence-corrected chi connectivity index (χ4v) is 2.19. The van der Waals surface area contributed by atoms with Gasteiger partial charge in [-0.1, -0.05) is 15.9 Å². The molecule has 1 aromatic rings. The van der Waals surface area contributed by atoms with Crippen LogP contribution in [-0.2, 0) is 4.79 Å². The van der Waals surface area contributed by atoms with E-state index < -0.39 is 0 Å². The topological polar surface area (TPSA) is 72.8 Å². The first kappa shape index (κ1) is 16.1. The molecule has 0 fully saturated rings. The summed E-state index contributed by atoms with van der Waals surface area (Å²) in [6, 6.07) is 5.62. The second-order valence-electron chi connectivity index (χ2n) is 4.23. The number of nitrogens with zero attached hydrogens (tertiary/aromatic N) is 1. The molecule has 0 aromatic heterocycles. The third-order valence-electron chi connectivity index (χ3n) is 2.66. The standard InChI is InChI=1S/C13H19BrN2O3/c1-10-8-11(14)2-3-12(10)15-13(19)9-16(4-6-17)5-7-18/h2-3,8,17-18H,4-7,9H2,1H3,(H,15,19). The molecule has 0 saturated carbocycles. The molecule has 0 aliphatic carbocycles. The zero-order valence-electron chi connectivity index (χ0n) is 10.9. The molecule has 5 nitrogen and oxygen atoms in total. The number of rotatable bonds is 7. The van der Waals surface area contributed by atoms with Crippen LogP contribution in [0.25, 0.3) is 0 Å². The van der Waals surface area contributed by atoms with Crippen LogP contribution in [0, 0.1) is 6.92 Å². The molecule has 6 heteroatoms. The number of aryl methyl sites for hydroxylation is 1. The van der Waals surface area contributed by atoms with E-state index in [0.717, 1.165) is 15.7 Å². The number of amides is 1. The molecule has 0 saturated heterocycles. The van der Waals surface area contributed by atoms with E-state index >= 15 is 0 Å². The number of benzene rings is 1. The monoisotopic (exact) mass is 330 g/mol. The highest BCUT2D eigenvalue weighted by molar-refractivity contribution is 9.10. The molecule has 0 atom stereocenters. The van der Waals surface area contributed by atoms with Crippen molar-refractivity contribution < 1.29 is 15.0 Å². The normalized spacial score (nSPS) is 10.8. The number of aliphatic hydroxyl groups excluding tert-OH is 2. The molecule has 1 aromatic carbocycles. The highest BCUT2D eigenvalue weighted by Gasteiger charge is 2.11. The number of hydrogen-bond acceptors (Lipinski definition) is 4. The lowest BCUT2D eigenvalue weighted by Crippen LogP contribution is -2.37. The van der Waals surface area contributed by atoms with Gasteiger partial charge < -0.3 is 15.5 Å². The van der Waals surface area contributed by atoms with Gasteiger partial charge in [-0.3, -0.25) is 9.69 Å². The van der Waals surface area contributed by atoms with E-state index in [2.05, 4.69) is 21.2 Å². The van der Waals surface area contributed by atoms with Gasteiger partial charge >= 0.3 is 0 Å². The van der Waals surface area contributed by atoms with E-state index in [1.54, 1.807) is 4.90 Å². The van der Waals surface area contributed by atoms with Crippen LogP contribution in [0.4, 0.5) is 5.69 Å².